The summed E-state index contributed by atoms with van der Waals surface area (Å²) in [7, 11) is 3.53. The third-order valence-electron chi connectivity index (χ3n) is 8.40. The lowest BCUT2D eigenvalue weighted by Crippen LogP contribution is -2.55. The van der Waals surface area contributed by atoms with E-state index in [4.69, 9.17) is 30.8 Å². The quantitative estimate of drug-likeness (QED) is 0.485. The van der Waals surface area contributed by atoms with E-state index in [1.54, 1.807) is 14.2 Å². The number of rotatable bonds is 7. The van der Waals surface area contributed by atoms with Gasteiger partial charge in [-0.2, -0.15) is 0 Å². The van der Waals surface area contributed by atoms with E-state index < -0.39 is 11.2 Å². The van der Waals surface area contributed by atoms with E-state index in [2.05, 4.69) is 23.1 Å². The first-order valence-corrected chi connectivity index (χ1v) is 14.1. The van der Waals surface area contributed by atoms with Gasteiger partial charge in [-0.15, -0.1) is 0 Å². The van der Waals surface area contributed by atoms with Crippen molar-refractivity contribution in [2.75, 3.05) is 40.5 Å². The van der Waals surface area contributed by atoms with Crippen molar-refractivity contribution in [3.05, 3.63) is 82.4 Å². The van der Waals surface area contributed by atoms with Gasteiger partial charge in [0.05, 0.1) is 11.6 Å². The maximum absolute atomic E-state index is 10.7. The van der Waals surface area contributed by atoms with E-state index in [9.17, 15) is 5.11 Å². The molecular weight excluding hydrogens is 512 g/mol. The Morgan fingerprint density at radius 3 is 2.72 bits per heavy atom. The Morgan fingerprint density at radius 1 is 1.21 bits per heavy atom. The number of hydrogen-bond donors (Lipinski definition) is 1. The van der Waals surface area contributed by atoms with Gasteiger partial charge in [0.2, 0.25) is 0 Å². The van der Waals surface area contributed by atoms with Crippen molar-refractivity contribution in [2.45, 2.75) is 50.0 Å². The van der Waals surface area contributed by atoms with Crippen molar-refractivity contribution < 1.29 is 19.3 Å². The predicted octanol–water partition coefficient (Wildman–Crippen LogP) is 5.62. The van der Waals surface area contributed by atoms with Crippen LogP contribution in [0.2, 0.25) is 5.02 Å². The van der Waals surface area contributed by atoms with Crippen molar-refractivity contribution in [3.8, 4) is 5.75 Å². The number of benzene rings is 2. The predicted molar refractivity (Wildman–Crippen MR) is 157 cm³/mol. The standard InChI is InChI=1S/C32H39ClN2O4/c1-31(2,36)23-11-14-29-27(19-23)25(26-7-5-16-34-28(26)21-39-29)8-6-17-35-18-15-32(38-4,30(20-35)37-3)22-9-12-24(33)13-10-22/h5,7-14,16,19,26,28,30,36H,6,15,17-18,20-21H2,1-4H3/b25-8+. The number of hydrogen-bond acceptors (Lipinski definition) is 6. The summed E-state index contributed by atoms with van der Waals surface area (Å²) in [4.78, 5) is 7.17. The average Bonchev–Trinajstić information content (AvgIpc) is 3.09. The summed E-state index contributed by atoms with van der Waals surface area (Å²) in [6.45, 7) is 6.73. The number of aliphatic imine (C=N–C) groups is 1. The molecule has 3 aliphatic heterocycles. The van der Waals surface area contributed by atoms with Gasteiger partial charge in [0.15, 0.2) is 0 Å². The first-order valence-electron chi connectivity index (χ1n) is 13.7. The molecule has 6 nitrogen and oxygen atoms in total. The first kappa shape index (κ1) is 28.1. The molecule has 0 aromatic heterocycles. The lowest BCUT2D eigenvalue weighted by atomic mass is 9.81. The van der Waals surface area contributed by atoms with E-state index in [1.807, 2.05) is 62.5 Å². The lowest BCUT2D eigenvalue weighted by Gasteiger charge is -2.46. The smallest absolute Gasteiger partial charge is 0.126 e. The topological polar surface area (TPSA) is 63.5 Å². The Kier molecular flexibility index (Phi) is 8.32. The van der Waals surface area contributed by atoms with Gasteiger partial charge in [0.1, 0.15) is 24.1 Å². The van der Waals surface area contributed by atoms with Crippen molar-refractivity contribution in [1.82, 2.24) is 4.90 Å². The van der Waals surface area contributed by atoms with Crippen molar-refractivity contribution in [2.24, 2.45) is 10.9 Å². The van der Waals surface area contributed by atoms with Gasteiger partial charge in [-0.05, 0) is 73.7 Å². The fourth-order valence-corrected chi connectivity index (χ4v) is 6.24. The summed E-state index contributed by atoms with van der Waals surface area (Å²) in [6.07, 6.45) is 10.0. The van der Waals surface area contributed by atoms with Crippen LogP contribution >= 0.6 is 11.6 Å². The normalized spacial score (nSPS) is 28.1. The van der Waals surface area contributed by atoms with E-state index in [0.29, 0.717) is 11.6 Å². The van der Waals surface area contributed by atoms with Crippen molar-refractivity contribution in [1.29, 1.82) is 0 Å². The molecule has 3 heterocycles. The van der Waals surface area contributed by atoms with Crippen LogP contribution in [0.4, 0.5) is 0 Å². The lowest BCUT2D eigenvalue weighted by molar-refractivity contribution is -0.158. The highest BCUT2D eigenvalue weighted by Crippen LogP contribution is 2.42. The molecule has 39 heavy (non-hydrogen) atoms. The van der Waals surface area contributed by atoms with Gasteiger partial charge >= 0.3 is 0 Å². The number of methoxy groups -OCH3 is 2. The van der Waals surface area contributed by atoms with Crippen LogP contribution in [0.5, 0.6) is 5.75 Å². The molecule has 4 atom stereocenters. The van der Waals surface area contributed by atoms with Crippen molar-refractivity contribution >= 4 is 23.4 Å². The van der Waals surface area contributed by atoms with Gasteiger partial charge < -0.3 is 24.2 Å². The number of fused-ring (bicyclic) bond motifs is 2. The Morgan fingerprint density at radius 2 is 2.00 bits per heavy atom. The highest BCUT2D eigenvalue weighted by Gasteiger charge is 2.45. The number of aliphatic hydroxyl groups is 1. The van der Waals surface area contributed by atoms with Gasteiger partial charge in [0.25, 0.3) is 0 Å². The molecule has 0 bridgehead atoms. The summed E-state index contributed by atoms with van der Waals surface area (Å²) in [5.41, 5.74) is 2.77. The summed E-state index contributed by atoms with van der Waals surface area (Å²) in [5, 5.41) is 11.4. The SMILES string of the molecule is COC1CN(CC/C=C2/c3cc(C(C)(C)O)ccc3OCC3N=CC=CC23)CCC1(OC)c1ccc(Cl)cc1. The minimum absolute atomic E-state index is 0.0359. The van der Waals surface area contributed by atoms with Crippen LogP contribution in [-0.2, 0) is 20.7 Å². The summed E-state index contributed by atoms with van der Waals surface area (Å²) in [5.74, 6) is 0.977. The van der Waals surface area contributed by atoms with Gasteiger partial charge in [-0.3, -0.25) is 4.99 Å². The van der Waals surface area contributed by atoms with Gasteiger partial charge in [0, 0.05) is 56.6 Å². The molecular formula is C32H39ClN2O4. The Hall–Kier alpha value is -2.48. The zero-order valence-electron chi connectivity index (χ0n) is 23.3. The van der Waals surface area contributed by atoms with Crippen LogP contribution < -0.4 is 4.74 Å². The molecule has 3 aliphatic rings. The molecule has 2 aromatic rings. The fourth-order valence-electron chi connectivity index (χ4n) is 6.11. The molecule has 0 aliphatic carbocycles. The van der Waals surface area contributed by atoms with Gasteiger partial charge in [-0.1, -0.05) is 42.0 Å². The van der Waals surface area contributed by atoms with Crippen LogP contribution in [0.3, 0.4) is 0 Å². The molecule has 1 fully saturated rings. The minimum atomic E-state index is -0.937. The van der Waals surface area contributed by atoms with Crippen LogP contribution in [0.15, 0.2) is 65.7 Å². The number of ether oxygens (including phenoxy) is 3. The highest BCUT2D eigenvalue weighted by atomic mass is 35.5. The van der Waals surface area contributed by atoms with Gasteiger partial charge in [-0.25, -0.2) is 0 Å². The second-order valence-corrected chi connectivity index (χ2v) is 11.6. The highest BCUT2D eigenvalue weighted by molar-refractivity contribution is 6.30. The Labute approximate surface area is 236 Å². The largest absolute Gasteiger partial charge is 0.491 e. The zero-order chi connectivity index (χ0) is 27.6. The maximum Gasteiger partial charge on any atom is 0.126 e. The van der Waals surface area contributed by atoms with E-state index in [0.717, 1.165) is 54.9 Å². The van der Waals surface area contributed by atoms with Crippen molar-refractivity contribution in [3.63, 3.8) is 0 Å². The maximum atomic E-state index is 10.7. The average molecular weight is 551 g/mol. The number of dihydropyridines is 1. The second-order valence-electron chi connectivity index (χ2n) is 11.2. The summed E-state index contributed by atoms with van der Waals surface area (Å²) in [6, 6.07) is 14.0. The molecule has 2 aromatic carbocycles. The van der Waals surface area contributed by atoms with E-state index in [-0.39, 0.29) is 18.1 Å². The molecule has 208 valence electrons. The first-order chi connectivity index (χ1) is 18.7. The fraction of sp³-hybridized carbons (Fsp3) is 0.469. The second kappa shape index (κ2) is 11.6. The van der Waals surface area contributed by atoms with Crippen LogP contribution in [0, 0.1) is 5.92 Å². The zero-order valence-corrected chi connectivity index (χ0v) is 24.0. The molecule has 0 radical (unpaired) electrons. The molecule has 0 saturated carbocycles. The third kappa shape index (κ3) is 5.72. The molecule has 4 unspecified atom stereocenters. The third-order valence-corrected chi connectivity index (χ3v) is 8.65. The molecule has 0 spiro atoms. The number of allylic oxidation sites excluding steroid dienone is 1. The van der Waals surface area contributed by atoms with E-state index >= 15 is 0 Å². The summed E-state index contributed by atoms with van der Waals surface area (Å²) < 4.78 is 18.4. The van der Waals surface area contributed by atoms with Crippen LogP contribution in [0.25, 0.3) is 5.57 Å². The number of halogens is 1. The van der Waals surface area contributed by atoms with Crippen LogP contribution in [0.1, 0.15) is 43.4 Å². The molecule has 1 saturated heterocycles. The Bertz CT molecular complexity index is 1250. The number of likely N-dealkylation sites (tertiary alicyclic amines) is 1. The summed E-state index contributed by atoms with van der Waals surface area (Å²) >= 11 is 6.15. The molecule has 0 amide bonds. The molecule has 7 heteroatoms. The van der Waals surface area contributed by atoms with Crippen LogP contribution in [-0.4, -0.2) is 68.8 Å². The number of nitrogens with zero attached hydrogens (tertiary/aromatic N) is 2. The minimum Gasteiger partial charge on any atom is -0.491 e. The molecule has 1 N–H and O–H groups in total. The monoisotopic (exact) mass is 550 g/mol. The number of piperidine rings is 1. The Balaban J connectivity index is 1.37. The van der Waals surface area contributed by atoms with E-state index in [1.165, 1.54) is 5.57 Å². The molecule has 5 rings (SSSR count).